The standard InChI is InChI=1S/C12H25N/c1-6-12(7-2,8-3)13-10-9-11(4)5/h13H,4,6-10H2,1-3,5H3. The highest BCUT2D eigenvalue weighted by Gasteiger charge is 2.21. The van der Waals surface area contributed by atoms with E-state index < -0.39 is 0 Å². The van der Waals surface area contributed by atoms with Crippen LogP contribution >= 0.6 is 0 Å². The van der Waals surface area contributed by atoms with Crippen LogP contribution in [0.25, 0.3) is 0 Å². The van der Waals surface area contributed by atoms with Gasteiger partial charge < -0.3 is 5.32 Å². The lowest BCUT2D eigenvalue weighted by molar-refractivity contribution is 0.292. The van der Waals surface area contributed by atoms with Gasteiger partial charge in [0.1, 0.15) is 0 Å². The van der Waals surface area contributed by atoms with Crippen LogP contribution in [0.1, 0.15) is 53.4 Å². The Morgan fingerprint density at radius 2 is 1.62 bits per heavy atom. The summed E-state index contributed by atoms with van der Waals surface area (Å²) in [5.41, 5.74) is 1.64. The first-order chi connectivity index (χ1) is 6.10. The molecule has 0 atom stereocenters. The van der Waals surface area contributed by atoms with Crippen LogP contribution < -0.4 is 5.32 Å². The minimum absolute atomic E-state index is 0.370. The molecule has 0 bridgehead atoms. The smallest absolute Gasteiger partial charge is 0.0173 e. The molecule has 0 rings (SSSR count). The lowest BCUT2D eigenvalue weighted by Gasteiger charge is -2.32. The Morgan fingerprint density at radius 1 is 1.15 bits per heavy atom. The van der Waals surface area contributed by atoms with E-state index in [2.05, 4.69) is 39.6 Å². The summed E-state index contributed by atoms with van der Waals surface area (Å²) in [6.07, 6.45) is 4.75. The second-order valence-corrected chi connectivity index (χ2v) is 3.97. The topological polar surface area (TPSA) is 12.0 Å². The monoisotopic (exact) mass is 183 g/mol. The molecule has 0 aromatic rings. The molecule has 0 saturated heterocycles. The maximum atomic E-state index is 3.91. The normalized spacial score (nSPS) is 11.7. The molecule has 0 aromatic heterocycles. The summed E-state index contributed by atoms with van der Waals surface area (Å²) in [6, 6.07) is 0. The number of nitrogens with one attached hydrogen (secondary N) is 1. The molecular formula is C12H25N. The van der Waals surface area contributed by atoms with Crippen LogP contribution in [0.3, 0.4) is 0 Å². The summed E-state index contributed by atoms with van der Waals surface area (Å²) in [7, 11) is 0. The molecule has 0 amide bonds. The Morgan fingerprint density at radius 3 is 1.92 bits per heavy atom. The quantitative estimate of drug-likeness (QED) is 0.596. The van der Waals surface area contributed by atoms with Crippen LogP contribution in [0, 0.1) is 0 Å². The van der Waals surface area contributed by atoms with Crippen molar-refractivity contribution in [3.05, 3.63) is 12.2 Å². The minimum atomic E-state index is 0.370. The third-order valence-corrected chi connectivity index (χ3v) is 3.08. The van der Waals surface area contributed by atoms with Crippen molar-refractivity contribution < 1.29 is 0 Å². The van der Waals surface area contributed by atoms with Gasteiger partial charge in [-0.15, -0.1) is 6.58 Å². The van der Waals surface area contributed by atoms with E-state index in [9.17, 15) is 0 Å². The Hall–Kier alpha value is -0.300. The van der Waals surface area contributed by atoms with E-state index in [1.54, 1.807) is 0 Å². The molecule has 0 heterocycles. The largest absolute Gasteiger partial charge is 0.311 e. The van der Waals surface area contributed by atoms with Crippen LogP contribution in [0.4, 0.5) is 0 Å². The predicted octanol–water partition coefficient (Wildman–Crippen LogP) is 3.51. The van der Waals surface area contributed by atoms with Gasteiger partial charge in [0.05, 0.1) is 0 Å². The van der Waals surface area contributed by atoms with E-state index in [1.807, 2.05) is 0 Å². The van der Waals surface area contributed by atoms with E-state index in [4.69, 9.17) is 0 Å². The van der Waals surface area contributed by atoms with Crippen molar-refractivity contribution in [1.82, 2.24) is 5.32 Å². The van der Waals surface area contributed by atoms with Gasteiger partial charge in [-0.2, -0.15) is 0 Å². The second-order valence-electron chi connectivity index (χ2n) is 3.97. The van der Waals surface area contributed by atoms with Crippen LogP contribution in [-0.4, -0.2) is 12.1 Å². The van der Waals surface area contributed by atoms with E-state index in [-0.39, 0.29) is 0 Å². The minimum Gasteiger partial charge on any atom is -0.311 e. The average molecular weight is 183 g/mol. The van der Waals surface area contributed by atoms with Gasteiger partial charge >= 0.3 is 0 Å². The van der Waals surface area contributed by atoms with Gasteiger partial charge in [0.15, 0.2) is 0 Å². The number of hydrogen-bond donors (Lipinski definition) is 1. The molecule has 13 heavy (non-hydrogen) atoms. The molecule has 0 spiro atoms. The van der Waals surface area contributed by atoms with Crippen LogP contribution in [0.2, 0.25) is 0 Å². The zero-order valence-corrected chi connectivity index (χ0v) is 9.74. The lowest BCUT2D eigenvalue weighted by atomic mass is 9.89. The Bertz CT molecular complexity index is 137. The van der Waals surface area contributed by atoms with Crippen LogP contribution in [-0.2, 0) is 0 Å². The van der Waals surface area contributed by atoms with E-state index in [0.29, 0.717) is 5.54 Å². The SMILES string of the molecule is C=C(C)CCNC(CC)(CC)CC. The fraction of sp³-hybridized carbons (Fsp3) is 0.833. The third-order valence-electron chi connectivity index (χ3n) is 3.08. The molecule has 0 unspecified atom stereocenters. The summed E-state index contributed by atoms with van der Waals surface area (Å²) in [5, 5.41) is 3.65. The summed E-state index contributed by atoms with van der Waals surface area (Å²) in [4.78, 5) is 0. The molecule has 0 aliphatic carbocycles. The summed E-state index contributed by atoms with van der Waals surface area (Å²) < 4.78 is 0. The molecule has 78 valence electrons. The van der Waals surface area contributed by atoms with Crippen molar-refractivity contribution in [2.45, 2.75) is 58.9 Å². The lowest BCUT2D eigenvalue weighted by Crippen LogP contribution is -2.44. The fourth-order valence-corrected chi connectivity index (χ4v) is 1.67. The molecular weight excluding hydrogens is 158 g/mol. The van der Waals surface area contributed by atoms with Crippen molar-refractivity contribution in [2.24, 2.45) is 0 Å². The first-order valence-corrected chi connectivity index (χ1v) is 5.49. The number of hydrogen-bond acceptors (Lipinski definition) is 1. The highest BCUT2D eigenvalue weighted by Crippen LogP contribution is 2.19. The molecule has 0 aliphatic heterocycles. The molecule has 1 N–H and O–H groups in total. The third kappa shape index (κ3) is 4.47. The van der Waals surface area contributed by atoms with Crippen molar-refractivity contribution in [2.75, 3.05) is 6.54 Å². The van der Waals surface area contributed by atoms with E-state index in [0.717, 1.165) is 13.0 Å². The van der Waals surface area contributed by atoms with Gasteiger partial charge in [-0.05, 0) is 39.2 Å². The van der Waals surface area contributed by atoms with Gasteiger partial charge in [0, 0.05) is 5.54 Å². The maximum Gasteiger partial charge on any atom is 0.0173 e. The van der Waals surface area contributed by atoms with Crippen LogP contribution in [0.15, 0.2) is 12.2 Å². The van der Waals surface area contributed by atoms with Crippen molar-refractivity contribution in [3.8, 4) is 0 Å². The highest BCUT2D eigenvalue weighted by molar-refractivity contribution is 4.91. The van der Waals surface area contributed by atoms with Gasteiger partial charge in [-0.25, -0.2) is 0 Å². The molecule has 0 fully saturated rings. The van der Waals surface area contributed by atoms with Gasteiger partial charge in [0.2, 0.25) is 0 Å². The molecule has 0 saturated carbocycles. The van der Waals surface area contributed by atoms with E-state index >= 15 is 0 Å². The predicted molar refractivity (Wildman–Crippen MR) is 61.0 cm³/mol. The zero-order valence-electron chi connectivity index (χ0n) is 9.74. The summed E-state index contributed by atoms with van der Waals surface area (Å²) >= 11 is 0. The highest BCUT2D eigenvalue weighted by atomic mass is 15.0. The Balaban J connectivity index is 3.88. The van der Waals surface area contributed by atoms with Crippen molar-refractivity contribution in [3.63, 3.8) is 0 Å². The molecule has 1 nitrogen and oxygen atoms in total. The summed E-state index contributed by atoms with van der Waals surface area (Å²) in [6.45, 7) is 13.9. The molecule has 1 heteroatoms. The zero-order chi connectivity index (χ0) is 10.3. The van der Waals surface area contributed by atoms with Gasteiger partial charge in [0.25, 0.3) is 0 Å². The first kappa shape index (κ1) is 12.7. The summed E-state index contributed by atoms with van der Waals surface area (Å²) in [5.74, 6) is 0. The second kappa shape index (κ2) is 6.20. The maximum absolute atomic E-state index is 3.91. The Kier molecular flexibility index (Phi) is 6.06. The van der Waals surface area contributed by atoms with Gasteiger partial charge in [-0.3, -0.25) is 0 Å². The Labute approximate surface area is 83.6 Å². The van der Waals surface area contributed by atoms with Crippen molar-refractivity contribution >= 4 is 0 Å². The van der Waals surface area contributed by atoms with Crippen molar-refractivity contribution in [1.29, 1.82) is 0 Å². The molecule has 0 aromatic carbocycles. The fourth-order valence-electron chi connectivity index (χ4n) is 1.67. The number of rotatable bonds is 7. The average Bonchev–Trinajstić information content (AvgIpc) is 2.13. The van der Waals surface area contributed by atoms with Crippen LogP contribution in [0.5, 0.6) is 0 Å². The molecule has 0 radical (unpaired) electrons. The van der Waals surface area contributed by atoms with Gasteiger partial charge in [-0.1, -0.05) is 26.3 Å². The molecule has 0 aliphatic rings. The first-order valence-electron chi connectivity index (χ1n) is 5.49. The van der Waals surface area contributed by atoms with E-state index in [1.165, 1.54) is 24.8 Å².